The molecule has 31 heavy (non-hydrogen) atoms. The molecule has 0 aliphatic rings. The lowest BCUT2D eigenvalue weighted by atomic mass is 10.1. The molecule has 0 fully saturated rings. The van der Waals surface area contributed by atoms with Crippen molar-refractivity contribution in [1.29, 1.82) is 0 Å². The van der Waals surface area contributed by atoms with E-state index in [1.54, 1.807) is 0 Å². The predicted octanol–water partition coefficient (Wildman–Crippen LogP) is 4.60. The fourth-order valence-corrected chi connectivity index (χ4v) is 3.54. The summed E-state index contributed by atoms with van der Waals surface area (Å²) in [6, 6.07) is 15.5. The number of benzene rings is 2. The molecule has 0 bridgehead atoms. The van der Waals surface area contributed by atoms with Gasteiger partial charge in [-0.2, -0.15) is 4.98 Å². The van der Waals surface area contributed by atoms with Gasteiger partial charge >= 0.3 is 0 Å². The quantitative estimate of drug-likeness (QED) is 0.400. The topological polar surface area (TPSA) is 107 Å². The smallest absolute Gasteiger partial charge is 0.277 e. The summed E-state index contributed by atoms with van der Waals surface area (Å²) >= 11 is 1.33. The van der Waals surface area contributed by atoms with Crippen LogP contribution in [0, 0.1) is 13.8 Å². The van der Waals surface area contributed by atoms with Crippen LogP contribution in [-0.2, 0) is 17.0 Å². The molecule has 0 aliphatic carbocycles. The van der Waals surface area contributed by atoms with Crippen molar-refractivity contribution in [3.05, 3.63) is 71.4 Å². The molecule has 0 aliphatic heterocycles. The van der Waals surface area contributed by atoms with E-state index >= 15 is 0 Å². The van der Waals surface area contributed by atoms with E-state index in [4.69, 9.17) is 8.94 Å². The highest BCUT2D eigenvalue weighted by Gasteiger charge is 2.13. The van der Waals surface area contributed by atoms with Crippen LogP contribution in [0.5, 0.6) is 0 Å². The molecule has 0 atom stereocenters. The van der Waals surface area contributed by atoms with E-state index in [2.05, 4.69) is 25.7 Å². The number of carbonyl (C=O) groups excluding carboxylic acids is 1. The van der Waals surface area contributed by atoms with Gasteiger partial charge in [0.1, 0.15) is 0 Å². The first kappa shape index (κ1) is 20.8. The van der Waals surface area contributed by atoms with Crippen molar-refractivity contribution in [1.82, 2.24) is 20.3 Å². The number of hydrogen-bond acceptors (Lipinski definition) is 8. The van der Waals surface area contributed by atoms with Gasteiger partial charge in [0.25, 0.3) is 5.22 Å². The van der Waals surface area contributed by atoms with Crippen LogP contribution in [0.3, 0.4) is 0 Å². The minimum absolute atomic E-state index is 0.0969. The third kappa shape index (κ3) is 5.58. The van der Waals surface area contributed by atoms with Crippen molar-refractivity contribution in [3.63, 3.8) is 0 Å². The van der Waals surface area contributed by atoms with Gasteiger partial charge in [0.2, 0.25) is 17.7 Å². The number of thioether (sulfide) groups is 1. The van der Waals surface area contributed by atoms with E-state index < -0.39 is 0 Å². The van der Waals surface area contributed by atoms with Gasteiger partial charge in [-0.05, 0) is 37.6 Å². The summed E-state index contributed by atoms with van der Waals surface area (Å²) in [7, 11) is 0. The minimum atomic E-state index is -0.0969. The highest BCUT2D eigenvalue weighted by Crippen LogP contribution is 2.25. The zero-order valence-corrected chi connectivity index (χ0v) is 18.0. The van der Waals surface area contributed by atoms with Crippen LogP contribution in [0.25, 0.3) is 11.5 Å². The molecule has 4 rings (SSSR count). The molecule has 0 spiro atoms. The molecular weight excluding hydrogens is 414 g/mol. The Morgan fingerprint density at radius 2 is 1.94 bits per heavy atom. The molecule has 0 saturated carbocycles. The van der Waals surface area contributed by atoms with Crippen molar-refractivity contribution >= 4 is 23.4 Å². The molecule has 9 heteroatoms. The Labute approximate surface area is 183 Å². The molecule has 2 heterocycles. The van der Waals surface area contributed by atoms with Gasteiger partial charge in [-0.3, -0.25) is 4.79 Å². The summed E-state index contributed by atoms with van der Waals surface area (Å²) in [5.74, 6) is 1.72. The van der Waals surface area contributed by atoms with Crippen LogP contribution in [0.15, 0.2) is 62.7 Å². The monoisotopic (exact) mass is 435 g/mol. The van der Waals surface area contributed by atoms with Crippen LogP contribution in [-0.4, -0.2) is 26.2 Å². The molecule has 2 aromatic carbocycles. The maximum absolute atomic E-state index is 12.2. The van der Waals surface area contributed by atoms with Crippen LogP contribution in [0.4, 0.5) is 5.69 Å². The molecule has 1 amide bonds. The second kappa shape index (κ2) is 9.57. The molecule has 0 saturated heterocycles. The summed E-state index contributed by atoms with van der Waals surface area (Å²) in [6.45, 7) is 3.99. The Kier molecular flexibility index (Phi) is 6.42. The summed E-state index contributed by atoms with van der Waals surface area (Å²) in [5, 5.41) is 15.4. The Balaban J connectivity index is 1.26. The van der Waals surface area contributed by atoms with Crippen molar-refractivity contribution in [2.75, 3.05) is 5.32 Å². The van der Waals surface area contributed by atoms with E-state index in [1.165, 1.54) is 11.8 Å². The fourth-order valence-electron chi connectivity index (χ4n) is 2.93. The van der Waals surface area contributed by atoms with Crippen LogP contribution in [0.2, 0.25) is 0 Å². The fraction of sp³-hybridized carbons (Fsp3) is 0.227. The summed E-state index contributed by atoms with van der Waals surface area (Å²) < 4.78 is 10.9. The van der Waals surface area contributed by atoms with Crippen LogP contribution in [0.1, 0.15) is 29.3 Å². The number of rotatable bonds is 8. The number of carbonyl (C=O) groups is 1. The Hall–Kier alpha value is -3.46. The lowest BCUT2D eigenvalue weighted by molar-refractivity contribution is -0.116. The minimum Gasteiger partial charge on any atom is -0.411 e. The summed E-state index contributed by atoms with van der Waals surface area (Å²) in [5.41, 5.74) is 3.86. The van der Waals surface area contributed by atoms with E-state index in [0.717, 1.165) is 22.4 Å². The summed E-state index contributed by atoms with van der Waals surface area (Å²) in [6.07, 6.45) is 0.624. The average molecular weight is 436 g/mol. The zero-order valence-electron chi connectivity index (χ0n) is 17.2. The Morgan fingerprint density at radius 3 is 2.74 bits per heavy atom. The highest BCUT2D eigenvalue weighted by molar-refractivity contribution is 7.98. The predicted molar refractivity (Wildman–Crippen MR) is 116 cm³/mol. The van der Waals surface area contributed by atoms with Crippen molar-refractivity contribution in [2.45, 2.75) is 37.7 Å². The van der Waals surface area contributed by atoms with Gasteiger partial charge in [-0.15, -0.1) is 10.2 Å². The number of nitrogens with one attached hydrogen (secondary N) is 1. The maximum Gasteiger partial charge on any atom is 0.277 e. The average Bonchev–Trinajstić information content (AvgIpc) is 3.43. The first-order valence-electron chi connectivity index (χ1n) is 9.77. The zero-order chi connectivity index (χ0) is 21.6. The molecular formula is C22H21N5O3S. The van der Waals surface area contributed by atoms with Crippen molar-refractivity contribution < 1.29 is 13.7 Å². The Bertz CT molecular complexity index is 1170. The van der Waals surface area contributed by atoms with Crippen LogP contribution < -0.4 is 5.32 Å². The largest absolute Gasteiger partial charge is 0.411 e. The van der Waals surface area contributed by atoms with E-state index in [1.807, 2.05) is 62.4 Å². The number of nitrogens with zero attached hydrogens (tertiary/aromatic N) is 4. The normalized spacial score (nSPS) is 10.9. The molecule has 8 nitrogen and oxygen atoms in total. The number of amides is 1. The maximum atomic E-state index is 12.2. The van der Waals surface area contributed by atoms with Gasteiger partial charge in [-0.1, -0.05) is 52.8 Å². The number of aromatic nitrogens is 4. The first-order chi connectivity index (χ1) is 15.1. The lowest BCUT2D eigenvalue weighted by Gasteiger charge is -2.08. The third-order valence-electron chi connectivity index (χ3n) is 4.48. The first-order valence-corrected chi connectivity index (χ1v) is 10.8. The van der Waals surface area contributed by atoms with Crippen molar-refractivity contribution in [2.24, 2.45) is 0 Å². The second-order valence-corrected chi connectivity index (χ2v) is 7.93. The number of hydrogen-bond donors (Lipinski definition) is 1. The lowest BCUT2D eigenvalue weighted by Crippen LogP contribution is -2.13. The van der Waals surface area contributed by atoms with Crippen molar-refractivity contribution in [3.8, 4) is 11.5 Å². The molecule has 4 aromatic rings. The van der Waals surface area contributed by atoms with Gasteiger partial charge in [0.15, 0.2) is 5.82 Å². The molecule has 0 unspecified atom stereocenters. The van der Waals surface area contributed by atoms with E-state index in [9.17, 15) is 4.79 Å². The van der Waals surface area contributed by atoms with Gasteiger partial charge in [0.05, 0.1) is 5.75 Å². The molecule has 0 radical (unpaired) electrons. The second-order valence-electron chi connectivity index (χ2n) is 7.00. The highest BCUT2D eigenvalue weighted by atomic mass is 32.2. The van der Waals surface area contributed by atoms with Gasteiger partial charge < -0.3 is 14.3 Å². The van der Waals surface area contributed by atoms with E-state index in [-0.39, 0.29) is 12.3 Å². The SMILES string of the molecule is Cc1ccc(NC(=O)CCc2nc(CSc3nnc(-c4ccccc4)o3)no2)c(C)c1. The number of anilines is 1. The summed E-state index contributed by atoms with van der Waals surface area (Å²) in [4.78, 5) is 16.6. The van der Waals surface area contributed by atoms with Gasteiger partial charge in [-0.25, -0.2) is 0 Å². The third-order valence-corrected chi connectivity index (χ3v) is 5.30. The van der Waals surface area contributed by atoms with Gasteiger partial charge in [0, 0.05) is 24.1 Å². The van der Waals surface area contributed by atoms with E-state index in [0.29, 0.717) is 35.0 Å². The standard InChI is InChI=1S/C22H21N5O3S/c1-14-8-9-17(15(2)12-14)23-19(28)10-11-20-24-18(27-30-20)13-31-22-26-25-21(29-22)16-6-4-3-5-7-16/h3-9,12H,10-11,13H2,1-2H3,(H,23,28). The van der Waals surface area contributed by atoms with Crippen LogP contribution >= 0.6 is 11.8 Å². The number of aryl methyl sites for hydroxylation is 3. The molecule has 158 valence electrons. The molecule has 2 aromatic heterocycles. The Morgan fingerprint density at radius 1 is 1.10 bits per heavy atom. The molecule has 1 N–H and O–H groups in total.